The third kappa shape index (κ3) is 9.11. The summed E-state index contributed by atoms with van der Waals surface area (Å²) in [4.78, 5) is 23.5. The molecular formula is C18H27NO4. The van der Waals surface area contributed by atoms with Gasteiger partial charge >= 0.3 is 0 Å². The second-order valence-corrected chi connectivity index (χ2v) is 5.41. The van der Waals surface area contributed by atoms with Gasteiger partial charge in [-0.2, -0.15) is 0 Å². The number of benzene rings is 1. The van der Waals surface area contributed by atoms with Gasteiger partial charge < -0.3 is 14.8 Å². The molecule has 0 spiro atoms. The number of nitrogens with one attached hydrogen (secondary N) is 1. The van der Waals surface area contributed by atoms with E-state index in [9.17, 15) is 9.59 Å². The Kier molecular flexibility index (Phi) is 9.91. The normalized spacial score (nSPS) is 10.5. The zero-order chi connectivity index (χ0) is 16.9. The van der Waals surface area contributed by atoms with Gasteiger partial charge in [0.1, 0.15) is 6.61 Å². The smallest absolute Gasteiger partial charge is 0.245 e. The Hall–Kier alpha value is -1.72. The number of carbonyl (C=O) groups excluding carboxylic acids is 2. The average molecular weight is 321 g/mol. The van der Waals surface area contributed by atoms with Crippen molar-refractivity contribution in [3.8, 4) is 0 Å². The van der Waals surface area contributed by atoms with E-state index in [-0.39, 0.29) is 18.3 Å². The molecule has 0 heterocycles. The molecule has 1 rings (SSSR count). The Bertz CT molecular complexity index is 470. The molecular weight excluding hydrogens is 294 g/mol. The number of Topliss-reactive ketones (excluding diaryl/α,β-unsaturated/α-hetero) is 1. The number of ether oxygens (including phenoxy) is 2. The molecule has 0 bridgehead atoms. The molecule has 0 radical (unpaired) electrons. The lowest BCUT2D eigenvalue weighted by atomic mass is 10.1. The fourth-order valence-electron chi connectivity index (χ4n) is 1.94. The molecule has 0 atom stereocenters. The van der Waals surface area contributed by atoms with Crippen LogP contribution in [0.2, 0.25) is 0 Å². The quantitative estimate of drug-likeness (QED) is 0.474. The number of rotatable bonds is 12. The fraction of sp³-hybridized carbons (Fsp3) is 0.556. The van der Waals surface area contributed by atoms with Gasteiger partial charge in [0.25, 0.3) is 0 Å². The molecule has 0 aromatic heterocycles. The number of ketones is 1. The Morgan fingerprint density at radius 1 is 1.04 bits per heavy atom. The molecule has 5 heteroatoms. The van der Waals surface area contributed by atoms with Crippen LogP contribution in [0.15, 0.2) is 24.3 Å². The summed E-state index contributed by atoms with van der Waals surface area (Å²) >= 11 is 0. The van der Waals surface area contributed by atoms with Crippen molar-refractivity contribution in [1.82, 2.24) is 5.32 Å². The minimum Gasteiger partial charge on any atom is -0.379 e. The lowest BCUT2D eigenvalue weighted by Crippen LogP contribution is -2.29. The van der Waals surface area contributed by atoms with Crippen LogP contribution in [0.3, 0.4) is 0 Å². The van der Waals surface area contributed by atoms with E-state index in [1.54, 1.807) is 0 Å². The number of carbonyl (C=O) groups is 2. The van der Waals surface area contributed by atoms with Crippen molar-refractivity contribution in [2.24, 2.45) is 0 Å². The highest BCUT2D eigenvalue weighted by Crippen LogP contribution is 2.07. The molecule has 1 N–H and O–H groups in total. The molecule has 0 aliphatic heterocycles. The van der Waals surface area contributed by atoms with Gasteiger partial charge in [0.2, 0.25) is 5.91 Å². The van der Waals surface area contributed by atoms with E-state index in [4.69, 9.17) is 9.47 Å². The van der Waals surface area contributed by atoms with Crippen molar-refractivity contribution in [3.63, 3.8) is 0 Å². The topological polar surface area (TPSA) is 64.6 Å². The van der Waals surface area contributed by atoms with Crippen LogP contribution < -0.4 is 5.32 Å². The van der Waals surface area contributed by atoms with Crippen LogP contribution in [-0.2, 0) is 14.3 Å². The highest BCUT2D eigenvalue weighted by atomic mass is 16.5. The van der Waals surface area contributed by atoms with Gasteiger partial charge in [-0.1, -0.05) is 36.8 Å². The van der Waals surface area contributed by atoms with Crippen molar-refractivity contribution in [2.75, 3.05) is 33.0 Å². The maximum atomic E-state index is 11.9. The first-order chi connectivity index (χ1) is 11.1. The van der Waals surface area contributed by atoms with Crippen LogP contribution >= 0.6 is 0 Å². The fourth-order valence-corrected chi connectivity index (χ4v) is 1.94. The van der Waals surface area contributed by atoms with Crippen molar-refractivity contribution in [3.05, 3.63) is 35.4 Å². The van der Waals surface area contributed by atoms with E-state index in [1.165, 1.54) is 0 Å². The Balaban J connectivity index is 2.04. The number of aryl methyl sites for hydroxylation is 1. The lowest BCUT2D eigenvalue weighted by molar-refractivity contribution is -0.126. The summed E-state index contributed by atoms with van der Waals surface area (Å²) in [6, 6.07) is 7.53. The monoisotopic (exact) mass is 321 g/mol. The molecule has 0 aliphatic rings. The molecule has 0 saturated heterocycles. The molecule has 0 aliphatic carbocycles. The van der Waals surface area contributed by atoms with E-state index in [0.29, 0.717) is 39.2 Å². The largest absolute Gasteiger partial charge is 0.379 e. The maximum absolute atomic E-state index is 11.9. The standard InChI is InChI=1S/C18H27NO4/c1-3-11-22-12-13-23-14-18(21)19-10-4-5-17(20)16-8-6-15(2)7-9-16/h6-9H,3-5,10-14H2,1-2H3,(H,19,21). The highest BCUT2D eigenvalue weighted by molar-refractivity contribution is 5.96. The summed E-state index contributed by atoms with van der Waals surface area (Å²) in [5, 5.41) is 2.74. The second-order valence-electron chi connectivity index (χ2n) is 5.41. The van der Waals surface area contributed by atoms with E-state index < -0.39 is 0 Å². The van der Waals surface area contributed by atoms with Crippen molar-refractivity contribution in [1.29, 1.82) is 0 Å². The predicted octanol–water partition coefficient (Wildman–Crippen LogP) is 2.52. The summed E-state index contributed by atoms with van der Waals surface area (Å²) < 4.78 is 10.4. The number of amides is 1. The van der Waals surface area contributed by atoms with Gasteiger partial charge in [-0.05, 0) is 19.8 Å². The highest BCUT2D eigenvalue weighted by Gasteiger charge is 2.06. The molecule has 1 aromatic carbocycles. The minimum atomic E-state index is -0.164. The molecule has 1 amide bonds. The first kappa shape index (κ1) is 19.3. The SMILES string of the molecule is CCCOCCOCC(=O)NCCCC(=O)c1ccc(C)cc1. The Labute approximate surface area is 138 Å². The van der Waals surface area contributed by atoms with Gasteiger partial charge in [0.05, 0.1) is 13.2 Å². The van der Waals surface area contributed by atoms with E-state index in [0.717, 1.165) is 17.5 Å². The second kappa shape index (κ2) is 11.8. The van der Waals surface area contributed by atoms with Gasteiger partial charge in [-0.25, -0.2) is 0 Å². The zero-order valence-corrected chi connectivity index (χ0v) is 14.1. The zero-order valence-electron chi connectivity index (χ0n) is 14.1. The van der Waals surface area contributed by atoms with Crippen molar-refractivity contribution < 1.29 is 19.1 Å². The van der Waals surface area contributed by atoms with E-state index >= 15 is 0 Å². The van der Waals surface area contributed by atoms with Gasteiger partial charge in [-0.3, -0.25) is 9.59 Å². The van der Waals surface area contributed by atoms with Crippen LogP contribution in [0.5, 0.6) is 0 Å². The molecule has 0 saturated carbocycles. The first-order valence-corrected chi connectivity index (χ1v) is 8.15. The minimum absolute atomic E-state index is 0.0292. The Morgan fingerprint density at radius 3 is 2.43 bits per heavy atom. The van der Waals surface area contributed by atoms with Gasteiger partial charge in [-0.15, -0.1) is 0 Å². The third-order valence-corrected chi connectivity index (χ3v) is 3.23. The van der Waals surface area contributed by atoms with Crippen molar-refractivity contribution in [2.45, 2.75) is 33.1 Å². The number of hydrogen-bond donors (Lipinski definition) is 1. The lowest BCUT2D eigenvalue weighted by Gasteiger charge is -2.07. The van der Waals surface area contributed by atoms with Gasteiger partial charge in [0, 0.05) is 25.1 Å². The maximum Gasteiger partial charge on any atom is 0.245 e. The molecule has 0 fully saturated rings. The van der Waals surface area contributed by atoms with Crippen LogP contribution in [0.1, 0.15) is 42.1 Å². The third-order valence-electron chi connectivity index (χ3n) is 3.23. The van der Waals surface area contributed by atoms with Crippen LogP contribution in [-0.4, -0.2) is 44.7 Å². The van der Waals surface area contributed by atoms with E-state index in [2.05, 4.69) is 5.32 Å². The summed E-state index contributed by atoms with van der Waals surface area (Å²) in [5.74, 6) is -0.0631. The Morgan fingerprint density at radius 2 is 1.74 bits per heavy atom. The summed E-state index contributed by atoms with van der Waals surface area (Å²) in [6.45, 7) is 6.17. The predicted molar refractivity (Wildman–Crippen MR) is 89.7 cm³/mol. The molecule has 23 heavy (non-hydrogen) atoms. The van der Waals surface area contributed by atoms with Crippen LogP contribution in [0.4, 0.5) is 0 Å². The molecule has 1 aromatic rings. The van der Waals surface area contributed by atoms with Gasteiger partial charge in [0.15, 0.2) is 5.78 Å². The summed E-state index contributed by atoms with van der Waals surface area (Å²) in [7, 11) is 0. The molecule has 0 unspecified atom stereocenters. The summed E-state index contributed by atoms with van der Waals surface area (Å²) in [6.07, 6.45) is 2.02. The average Bonchev–Trinajstić information content (AvgIpc) is 2.55. The first-order valence-electron chi connectivity index (χ1n) is 8.15. The number of hydrogen-bond acceptors (Lipinski definition) is 4. The van der Waals surface area contributed by atoms with Crippen molar-refractivity contribution >= 4 is 11.7 Å². The molecule has 5 nitrogen and oxygen atoms in total. The van der Waals surface area contributed by atoms with Crippen LogP contribution in [0, 0.1) is 6.92 Å². The summed E-state index contributed by atoms with van der Waals surface area (Å²) in [5.41, 5.74) is 1.85. The van der Waals surface area contributed by atoms with Crippen LogP contribution in [0.25, 0.3) is 0 Å². The molecule has 128 valence electrons. The van der Waals surface area contributed by atoms with E-state index in [1.807, 2.05) is 38.1 Å².